The number of hydrogen-bond acceptors (Lipinski definition) is 5. The molecule has 0 saturated heterocycles. The monoisotopic (exact) mass is 271 g/mol. The highest BCUT2D eigenvalue weighted by Crippen LogP contribution is 2.51. The maximum atomic E-state index is 11.3. The summed E-state index contributed by atoms with van der Waals surface area (Å²) in [6.45, 7) is 2.03. The summed E-state index contributed by atoms with van der Waals surface area (Å²) in [5, 5.41) is 3.23. The van der Waals surface area contributed by atoms with E-state index in [-0.39, 0.29) is 11.4 Å². The molecular formula is C12H17NO2S2. The Balaban J connectivity index is 1.73. The smallest absolute Gasteiger partial charge is 0.306 e. The number of ether oxygens (including phenoxy) is 1. The van der Waals surface area contributed by atoms with Gasteiger partial charge in [0.25, 0.3) is 0 Å². The molecule has 0 aliphatic heterocycles. The Hall–Kier alpha value is -0.550. The zero-order valence-electron chi connectivity index (χ0n) is 10.2. The number of esters is 1. The lowest BCUT2D eigenvalue weighted by molar-refractivity contribution is -0.141. The number of hydrogen-bond donors (Lipinski definition) is 0. The second-order valence-electron chi connectivity index (χ2n) is 4.60. The Bertz CT molecular complexity index is 399. The molecule has 2 rings (SSSR count). The number of nitrogens with zero attached hydrogens (tertiary/aromatic N) is 1. The number of thioether (sulfide) groups is 1. The van der Waals surface area contributed by atoms with E-state index in [0.29, 0.717) is 6.42 Å². The average molecular weight is 271 g/mol. The van der Waals surface area contributed by atoms with Crippen LogP contribution in [0.5, 0.6) is 0 Å². The van der Waals surface area contributed by atoms with E-state index in [4.69, 9.17) is 4.74 Å². The number of carbonyl (C=O) groups is 1. The standard InChI is InChI=1S/C12H17NO2S2/c1-9-13-10(7-17-9)6-16-8-12(3-4-12)5-11(14)15-2/h7H,3-6,8H2,1-2H3. The van der Waals surface area contributed by atoms with Crippen molar-refractivity contribution in [2.24, 2.45) is 5.41 Å². The van der Waals surface area contributed by atoms with Crippen molar-refractivity contribution in [3.8, 4) is 0 Å². The molecule has 1 aromatic rings. The molecule has 0 N–H and O–H groups in total. The molecule has 3 nitrogen and oxygen atoms in total. The highest BCUT2D eigenvalue weighted by Gasteiger charge is 2.44. The molecule has 0 atom stereocenters. The van der Waals surface area contributed by atoms with Crippen LogP contribution < -0.4 is 0 Å². The predicted octanol–water partition coefficient (Wildman–Crippen LogP) is 3.03. The summed E-state index contributed by atoms with van der Waals surface area (Å²) in [6, 6.07) is 0. The van der Waals surface area contributed by atoms with Crippen LogP contribution in [0.1, 0.15) is 30.0 Å². The van der Waals surface area contributed by atoms with Crippen molar-refractivity contribution in [3.05, 3.63) is 16.1 Å². The molecule has 94 valence electrons. The largest absolute Gasteiger partial charge is 0.469 e. The molecule has 1 saturated carbocycles. The minimum absolute atomic E-state index is 0.0763. The third-order valence-corrected chi connectivity index (χ3v) is 5.17. The van der Waals surface area contributed by atoms with Crippen LogP contribution in [-0.4, -0.2) is 23.8 Å². The van der Waals surface area contributed by atoms with Crippen LogP contribution in [0.15, 0.2) is 5.38 Å². The Morgan fingerprint density at radius 2 is 2.41 bits per heavy atom. The minimum Gasteiger partial charge on any atom is -0.469 e. The highest BCUT2D eigenvalue weighted by atomic mass is 32.2. The molecule has 0 spiro atoms. The van der Waals surface area contributed by atoms with Crippen molar-refractivity contribution in [3.63, 3.8) is 0 Å². The van der Waals surface area contributed by atoms with E-state index < -0.39 is 0 Å². The number of carbonyl (C=O) groups excluding carboxylic acids is 1. The molecule has 0 amide bonds. The normalized spacial score (nSPS) is 16.8. The fourth-order valence-electron chi connectivity index (χ4n) is 1.77. The lowest BCUT2D eigenvalue weighted by atomic mass is 10.1. The molecule has 0 bridgehead atoms. The maximum absolute atomic E-state index is 11.3. The summed E-state index contributed by atoms with van der Waals surface area (Å²) in [5.41, 5.74) is 1.38. The molecule has 5 heteroatoms. The lowest BCUT2D eigenvalue weighted by Crippen LogP contribution is -2.13. The van der Waals surface area contributed by atoms with Crippen LogP contribution >= 0.6 is 23.1 Å². The topological polar surface area (TPSA) is 39.2 Å². The van der Waals surface area contributed by atoms with Gasteiger partial charge in [0, 0.05) is 11.1 Å². The molecule has 1 aliphatic carbocycles. The first-order valence-corrected chi connectivity index (χ1v) is 7.73. The first-order chi connectivity index (χ1) is 8.13. The Morgan fingerprint density at radius 3 is 2.94 bits per heavy atom. The van der Waals surface area contributed by atoms with Gasteiger partial charge in [0.1, 0.15) is 0 Å². The number of aryl methyl sites for hydroxylation is 1. The van der Waals surface area contributed by atoms with Gasteiger partial charge in [0.05, 0.1) is 24.2 Å². The van der Waals surface area contributed by atoms with E-state index in [1.165, 1.54) is 7.11 Å². The first-order valence-electron chi connectivity index (χ1n) is 5.69. The van der Waals surface area contributed by atoms with Crippen LogP contribution in [-0.2, 0) is 15.3 Å². The Morgan fingerprint density at radius 1 is 1.65 bits per heavy atom. The van der Waals surface area contributed by atoms with Crippen molar-refractivity contribution in [2.45, 2.75) is 31.9 Å². The maximum Gasteiger partial charge on any atom is 0.306 e. The van der Waals surface area contributed by atoms with Crippen molar-refractivity contribution in [1.29, 1.82) is 0 Å². The van der Waals surface area contributed by atoms with Gasteiger partial charge in [-0.3, -0.25) is 4.79 Å². The van der Waals surface area contributed by atoms with E-state index in [1.54, 1.807) is 11.3 Å². The Kier molecular flexibility index (Phi) is 4.09. The van der Waals surface area contributed by atoms with Gasteiger partial charge >= 0.3 is 5.97 Å². The van der Waals surface area contributed by atoms with Crippen LogP contribution in [0.25, 0.3) is 0 Å². The van der Waals surface area contributed by atoms with Gasteiger partial charge in [-0.05, 0) is 30.9 Å². The van der Waals surface area contributed by atoms with Crippen LogP contribution in [0.3, 0.4) is 0 Å². The van der Waals surface area contributed by atoms with Gasteiger partial charge in [-0.15, -0.1) is 11.3 Å². The number of methoxy groups -OCH3 is 1. The molecular weight excluding hydrogens is 254 g/mol. The lowest BCUT2D eigenvalue weighted by Gasteiger charge is -2.12. The molecule has 17 heavy (non-hydrogen) atoms. The van der Waals surface area contributed by atoms with E-state index >= 15 is 0 Å². The second-order valence-corrected chi connectivity index (χ2v) is 6.65. The highest BCUT2D eigenvalue weighted by molar-refractivity contribution is 7.98. The third kappa shape index (κ3) is 3.71. The van der Waals surface area contributed by atoms with Crippen LogP contribution in [0, 0.1) is 12.3 Å². The molecule has 0 aromatic carbocycles. The summed E-state index contributed by atoms with van der Waals surface area (Å²) in [6.07, 6.45) is 2.89. The second kappa shape index (κ2) is 5.40. The van der Waals surface area contributed by atoms with Crippen LogP contribution in [0.2, 0.25) is 0 Å². The van der Waals surface area contributed by atoms with Crippen molar-refractivity contribution in [1.82, 2.24) is 4.98 Å². The fourth-order valence-corrected chi connectivity index (χ4v) is 3.77. The van der Waals surface area contributed by atoms with E-state index in [1.807, 2.05) is 18.7 Å². The van der Waals surface area contributed by atoms with Crippen molar-refractivity contribution in [2.75, 3.05) is 12.9 Å². The van der Waals surface area contributed by atoms with Gasteiger partial charge in [0.2, 0.25) is 0 Å². The minimum atomic E-state index is -0.0763. The van der Waals surface area contributed by atoms with Crippen molar-refractivity contribution < 1.29 is 9.53 Å². The van der Waals surface area contributed by atoms with Gasteiger partial charge in [-0.1, -0.05) is 0 Å². The number of aromatic nitrogens is 1. The Labute approximate surface area is 110 Å². The average Bonchev–Trinajstić information content (AvgIpc) is 2.93. The first kappa shape index (κ1) is 12.9. The molecule has 1 aromatic heterocycles. The number of thiazole rings is 1. The predicted molar refractivity (Wildman–Crippen MR) is 71.3 cm³/mol. The summed E-state index contributed by atoms with van der Waals surface area (Å²) in [4.78, 5) is 15.7. The summed E-state index contributed by atoms with van der Waals surface area (Å²) >= 11 is 3.57. The van der Waals surface area contributed by atoms with Gasteiger partial charge in [0.15, 0.2) is 0 Å². The third-order valence-electron chi connectivity index (χ3n) is 3.03. The molecule has 1 fully saturated rings. The SMILES string of the molecule is COC(=O)CC1(CSCc2csc(C)n2)CC1. The van der Waals surface area contributed by atoms with Crippen molar-refractivity contribution >= 4 is 29.1 Å². The quantitative estimate of drug-likeness (QED) is 0.746. The number of rotatable bonds is 6. The van der Waals surface area contributed by atoms with E-state index in [2.05, 4.69) is 10.4 Å². The summed E-state index contributed by atoms with van der Waals surface area (Å²) < 4.78 is 4.74. The van der Waals surface area contributed by atoms with Gasteiger partial charge in [-0.25, -0.2) is 4.98 Å². The van der Waals surface area contributed by atoms with Gasteiger partial charge < -0.3 is 4.74 Å². The molecule has 1 aliphatic rings. The van der Waals surface area contributed by atoms with Crippen LogP contribution in [0.4, 0.5) is 0 Å². The van der Waals surface area contributed by atoms with E-state index in [0.717, 1.165) is 35.0 Å². The molecule has 0 radical (unpaired) electrons. The fraction of sp³-hybridized carbons (Fsp3) is 0.667. The zero-order chi connectivity index (χ0) is 12.3. The molecule has 1 heterocycles. The molecule has 0 unspecified atom stereocenters. The zero-order valence-corrected chi connectivity index (χ0v) is 11.8. The van der Waals surface area contributed by atoms with Gasteiger partial charge in [-0.2, -0.15) is 11.8 Å². The summed E-state index contributed by atoms with van der Waals surface area (Å²) in [5.74, 6) is 1.92. The summed E-state index contributed by atoms with van der Waals surface area (Å²) in [7, 11) is 1.46. The van der Waals surface area contributed by atoms with E-state index in [9.17, 15) is 4.79 Å².